The molecule has 2 aliphatic heterocycles. The Labute approximate surface area is 127 Å². The molecule has 0 amide bonds. The summed E-state index contributed by atoms with van der Waals surface area (Å²) in [5.41, 5.74) is 0. The van der Waals surface area contributed by atoms with Gasteiger partial charge in [0.15, 0.2) is 6.29 Å². The van der Waals surface area contributed by atoms with E-state index in [9.17, 15) is 17.2 Å². The molecule has 1 atom stereocenters. The smallest absolute Gasteiger partial charge is 0.243 e. The van der Waals surface area contributed by atoms with Gasteiger partial charge >= 0.3 is 0 Å². The van der Waals surface area contributed by atoms with E-state index in [1.54, 1.807) is 0 Å². The molecule has 0 spiro atoms. The van der Waals surface area contributed by atoms with Crippen molar-refractivity contribution < 1.29 is 26.7 Å². The molecule has 1 aromatic carbocycles. The van der Waals surface area contributed by atoms with Crippen molar-refractivity contribution in [3.8, 4) is 0 Å². The third kappa shape index (κ3) is 3.01. The van der Waals surface area contributed by atoms with E-state index < -0.39 is 34.0 Å². The van der Waals surface area contributed by atoms with E-state index in [-0.39, 0.29) is 11.4 Å². The maximum Gasteiger partial charge on any atom is 0.243 e. The first-order chi connectivity index (χ1) is 10.5. The lowest BCUT2D eigenvalue weighted by Crippen LogP contribution is -2.50. The zero-order valence-electron chi connectivity index (χ0n) is 11.9. The highest BCUT2D eigenvalue weighted by Crippen LogP contribution is 2.30. The van der Waals surface area contributed by atoms with Crippen LogP contribution in [0.1, 0.15) is 19.3 Å². The lowest BCUT2D eigenvalue weighted by Gasteiger charge is -2.36. The van der Waals surface area contributed by atoms with Crippen LogP contribution < -0.4 is 0 Å². The van der Waals surface area contributed by atoms with Gasteiger partial charge in [0.2, 0.25) is 10.0 Å². The topological polar surface area (TPSA) is 55.8 Å². The molecule has 122 valence electrons. The third-order valence-electron chi connectivity index (χ3n) is 3.90. The van der Waals surface area contributed by atoms with Crippen molar-refractivity contribution >= 4 is 10.0 Å². The first kappa shape index (κ1) is 15.8. The van der Waals surface area contributed by atoms with E-state index in [1.165, 1.54) is 4.31 Å². The van der Waals surface area contributed by atoms with E-state index >= 15 is 0 Å². The molecular formula is C14H17F2NO4S. The van der Waals surface area contributed by atoms with Gasteiger partial charge in [-0.15, -0.1) is 0 Å². The number of sulfonamides is 1. The normalized spacial score (nSPS) is 24.7. The first-order valence-electron chi connectivity index (χ1n) is 7.19. The summed E-state index contributed by atoms with van der Waals surface area (Å²) in [6.45, 7) is 1.13. The minimum atomic E-state index is -4.00. The molecule has 0 bridgehead atoms. The van der Waals surface area contributed by atoms with Crippen LogP contribution in [-0.4, -0.2) is 44.8 Å². The van der Waals surface area contributed by atoms with E-state index in [2.05, 4.69) is 0 Å². The number of piperidine rings is 1. The van der Waals surface area contributed by atoms with Crippen LogP contribution in [-0.2, 0) is 19.5 Å². The van der Waals surface area contributed by atoms with Crippen molar-refractivity contribution in [2.24, 2.45) is 0 Å². The summed E-state index contributed by atoms with van der Waals surface area (Å²) in [5, 5.41) is 0. The molecule has 0 aliphatic carbocycles. The quantitative estimate of drug-likeness (QED) is 0.847. The molecule has 0 saturated carbocycles. The zero-order valence-corrected chi connectivity index (χ0v) is 12.7. The van der Waals surface area contributed by atoms with Gasteiger partial charge in [-0.2, -0.15) is 4.31 Å². The van der Waals surface area contributed by atoms with Gasteiger partial charge in [0.05, 0.1) is 24.2 Å². The van der Waals surface area contributed by atoms with Gasteiger partial charge in [-0.05, 0) is 25.0 Å². The molecule has 0 N–H and O–H groups in total. The minimum Gasteiger partial charge on any atom is -0.349 e. The van der Waals surface area contributed by atoms with Gasteiger partial charge in [-0.3, -0.25) is 0 Å². The number of hydrogen-bond donors (Lipinski definition) is 0. The lowest BCUT2D eigenvalue weighted by atomic mass is 10.0. The van der Waals surface area contributed by atoms with Crippen LogP contribution >= 0.6 is 0 Å². The van der Waals surface area contributed by atoms with Crippen LogP contribution in [0.5, 0.6) is 0 Å². The fourth-order valence-electron chi connectivity index (χ4n) is 2.91. The fourth-order valence-corrected chi connectivity index (χ4v) is 4.64. The van der Waals surface area contributed by atoms with Gasteiger partial charge in [-0.25, -0.2) is 17.2 Å². The summed E-state index contributed by atoms with van der Waals surface area (Å²) in [7, 11) is -4.00. The van der Waals surface area contributed by atoms with E-state index in [0.29, 0.717) is 32.1 Å². The van der Waals surface area contributed by atoms with E-state index in [1.807, 2.05) is 0 Å². The van der Waals surface area contributed by atoms with Crippen molar-refractivity contribution in [2.45, 2.75) is 36.5 Å². The predicted molar refractivity (Wildman–Crippen MR) is 73.6 cm³/mol. The summed E-state index contributed by atoms with van der Waals surface area (Å²) in [4.78, 5) is -0.380. The van der Waals surface area contributed by atoms with Crippen LogP contribution in [0.25, 0.3) is 0 Å². The summed E-state index contributed by atoms with van der Waals surface area (Å²) in [6, 6.07) is 1.85. The second-order valence-electron chi connectivity index (χ2n) is 5.39. The molecular weight excluding hydrogens is 316 g/mol. The van der Waals surface area contributed by atoms with Crippen molar-refractivity contribution in [2.75, 3.05) is 19.8 Å². The number of nitrogens with zero attached hydrogens (tertiary/aromatic N) is 1. The molecule has 3 rings (SSSR count). The van der Waals surface area contributed by atoms with Gasteiger partial charge in [0.25, 0.3) is 0 Å². The number of benzene rings is 1. The Morgan fingerprint density at radius 2 is 1.68 bits per heavy atom. The van der Waals surface area contributed by atoms with E-state index in [0.717, 1.165) is 18.6 Å². The highest BCUT2D eigenvalue weighted by molar-refractivity contribution is 7.89. The molecule has 2 fully saturated rings. The molecule has 0 aromatic heterocycles. The lowest BCUT2D eigenvalue weighted by molar-refractivity contribution is -0.0913. The summed E-state index contributed by atoms with van der Waals surface area (Å²) >= 11 is 0. The second-order valence-corrected chi connectivity index (χ2v) is 7.28. The van der Waals surface area contributed by atoms with Crippen LogP contribution in [0.3, 0.4) is 0 Å². The zero-order chi connectivity index (χ0) is 15.7. The van der Waals surface area contributed by atoms with Crippen LogP contribution in [0.4, 0.5) is 8.78 Å². The Kier molecular flexibility index (Phi) is 4.44. The Hall–Kier alpha value is -1.09. The Bertz CT molecular complexity index is 626. The van der Waals surface area contributed by atoms with E-state index in [4.69, 9.17) is 9.47 Å². The summed E-state index contributed by atoms with van der Waals surface area (Å²) in [5.74, 6) is -1.83. The largest absolute Gasteiger partial charge is 0.349 e. The van der Waals surface area contributed by atoms with Crippen molar-refractivity contribution in [1.82, 2.24) is 4.31 Å². The second kappa shape index (κ2) is 6.19. The van der Waals surface area contributed by atoms with Gasteiger partial charge in [0.1, 0.15) is 11.6 Å². The Balaban J connectivity index is 1.94. The van der Waals surface area contributed by atoms with Crippen LogP contribution in [0.2, 0.25) is 0 Å². The number of rotatable bonds is 3. The average Bonchev–Trinajstić information content (AvgIpc) is 3.00. The molecule has 5 nitrogen and oxygen atoms in total. The number of halogens is 2. The Morgan fingerprint density at radius 3 is 2.32 bits per heavy atom. The molecule has 2 heterocycles. The monoisotopic (exact) mass is 333 g/mol. The molecule has 22 heavy (non-hydrogen) atoms. The molecule has 1 aromatic rings. The van der Waals surface area contributed by atoms with Gasteiger partial charge in [0, 0.05) is 12.6 Å². The number of ether oxygens (including phenoxy) is 2. The highest BCUT2D eigenvalue weighted by atomic mass is 32.2. The van der Waals surface area contributed by atoms with Gasteiger partial charge < -0.3 is 9.47 Å². The minimum absolute atomic E-state index is 0.286. The molecule has 0 radical (unpaired) electrons. The third-order valence-corrected chi connectivity index (χ3v) is 5.80. The highest BCUT2D eigenvalue weighted by Gasteiger charge is 2.40. The standard InChI is InChI=1S/C14H17F2NO4S/c15-10-7-11(16)9-12(8-10)22(18,19)17-4-2-1-3-13(17)14-20-5-6-21-14/h7-9,13-14H,1-6H2/t13-/m0/s1. The molecule has 2 saturated heterocycles. The fraction of sp³-hybridized carbons (Fsp3) is 0.571. The molecule has 0 unspecified atom stereocenters. The van der Waals surface area contributed by atoms with Crippen LogP contribution in [0.15, 0.2) is 23.1 Å². The summed E-state index contributed by atoms with van der Waals surface area (Å²) < 4.78 is 64.3. The maximum absolute atomic E-state index is 13.4. The predicted octanol–water partition coefficient (Wildman–Crippen LogP) is 1.88. The Morgan fingerprint density at radius 1 is 1.05 bits per heavy atom. The summed E-state index contributed by atoms with van der Waals surface area (Å²) in [6.07, 6.45) is 1.53. The molecule has 2 aliphatic rings. The SMILES string of the molecule is O=S(=O)(c1cc(F)cc(F)c1)N1CCCC[C@H]1C1OCCO1. The first-order valence-corrected chi connectivity index (χ1v) is 8.63. The molecule has 8 heteroatoms. The maximum atomic E-state index is 13.4. The van der Waals surface area contributed by atoms with Crippen molar-refractivity contribution in [1.29, 1.82) is 0 Å². The van der Waals surface area contributed by atoms with Crippen molar-refractivity contribution in [3.05, 3.63) is 29.8 Å². The van der Waals surface area contributed by atoms with Gasteiger partial charge in [-0.1, -0.05) is 6.42 Å². The van der Waals surface area contributed by atoms with Crippen molar-refractivity contribution in [3.63, 3.8) is 0 Å². The number of hydrogen-bond acceptors (Lipinski definition) is 4. The van der Waals surface area contributed by atoms with Crippen LogP contribution in [0, 0.1) is 11.6 Å². The average molecular weight is 333 g/mol.